The fourth-order valence-corrected chi connectivity index (χ4v) is 5.19. The average Bonchev–Trinajstić information content (AvgIpc) is 3.23. The van der Waals surface area contributed by atoms with Crippen LogP contribution in [-0.4, -0.2) is 64.5 Å². The number of benzene rings is 2. The predicted octanol–water partition coefficient (Wildman–Crippen LogP) is 5.89. The summed E-state index contributed by atoms with van der Waals surface area (Å²) >= 11 is 0. The van der Waals surface area contributed by atoms with Crippen LogP contribution in [0.4, 0.5) is 13.2 Å². The molecular formula is C28H32F3N3O2. The standard InChI is InChI=1S/C28H32F3N3O2/c1-19(2)32-13-9-23(10-14-32)36-24-7-8-25-20(17-24)18-26(34(25)22-5-3-21(29)4-6-22)27(35)33-15-11-28(30,31)12-16-33/h3-8,17-19,23H,9-16H2,1-2H3. The van der Waals surface area contributed by atoms with Gasteiger partial charge in [0.1, 0.15) is 23.4 Å². The van der Waals surface area contributed by atoms with Gasteiger partial charge in [0.05, 0.1) is 5.52 Å². The molecule has 0 bridgehead atoms. The van der Waals surface area contributed by atoms with Crippen LogP contribution in [0.5, 0.6) is 5.75 Å². The maximum absolute atomic E-state index is 13.7. The highest BCUT2D eigenvalue weighted by atomic mass is 19.3. The molecule has 8 heteroatoms. The van der Waals surface area contributed by atoms with Crippen molar-refractivity contribution in [2.75, 3.05) is 26.2 Å². The molecule has 5 nitrogen and oxygen atoms in total. The van der Waals surface area contributed by atoms with Crippen LogP contribution in [0.2, 0.25) is 0 Å². The molecule has 2 aromatic carbocycles. The van der Waals surface area contributed by atoms with Gasteiger partial charge in [0.25, 0.3) is 11.8 Å². The molecule has 2 aliphatic heterocycles. The molecule has 2 fully saturated rings. The van der Waals surface area contributed by atoms with Crippen molar-refractivity contribution in [2.45, 2.75) is 57.6 Å². The Morgan fingerprint density at radius 1 is 0.972 bits per heavy atom. The minimum absolute atomic E-state index is 0.000211. The normalized spacial score (nSPS) is 19.2. The summed E-state index contributed by atoms with van der Waals surface area (Å²) in [5.41, 5.74) is 1.77. The van der Waals surface area contributed by atoms with Gasteiger partial charge in [-0.1, -0.05) is 0 Å². The molecule has 0 aliphatic carbocycles. The number of ether oxygens (including phenoxy) is 1. The van der Waals surface area contributed by atoms with Gasteiger partial charge in [-0.25, -0.2) is 13.2 Å². The number of halogens is 3. The van der Waals surface area contributed by atoms with E-state index in [-0.39, 0.29) is 43.8 Å². The van der Waals surface area contributed by atoms with E-state index >= 15 is 0 Å². The molecule has 0 N–H and O–H groups in total. The summed E-state index contributed by atoms with van der Waals surface area (Å²) in [6.07, 6.45) is 1.35. The summed E-state index contributed by atoms with van der Waals surface area (Å²) in [7, 11) is 0. The molecular weight excluding hydrogens is 467 g/mol. The molecule has 0 spiro atoms. The molecule has 0 atom stereocenters. The molecule has 5 rings (SSSR count). The topological polar surface area (TPSA) is 37.7 Å². The highest BCUT2D eigenvalue weighted by Crippen LogP contribution is 2.32. The number of alkyl halides is 2. The first-order valence-corrected chi connectivity index (χ1v) is 12.7. The van der Waals surface area contributed by atoms with Gasteiger partial charge in [-0.05, 0) is 75.2 Å². The number of carbonyl (C=O) groups is 1. The fourth-order valence-electron chi connectivity index (χ4n) is 5.19. The van der Waals surface area contributed by atoms with Gasteiger partial charge in [0.15, 0.2) is 0 Å². The third-order valence-corrected chi connectivity index (χ3v) is 7.37. The summed E-state index contributed by atoms with van der Waals surface area (Å²) in [6, 6.07) is 13.9. The van der Waals surface area contributed by atoms with Crippen molar-refractivity contribution in [3.63, 3.8) is 0 Å². The summed E-state index contributed by atoms with van der Waals surface area (Å²) in [6.45, 7) is 6.41. The highest BCUT2D eigenvalue weighted by Gasteiger charge is 2.36. The molecule has 2 aliphatic rings. The van der Waals surface area contributed by atoms with Crippen LogP contribution < -0.4 is 4.74 Å². The monoisotopic (exact) mass is 499 g/mol. The second-order valence-electron chi connectivity index (χ2n) is 10.2. The van der Waals surface area contributed by atoms with Crippen LogP contribution in [0.1, 0.15) is 50.0 Å². The zero-order chi connectivity index (χ0) is 25.4. The van der Waals surface area contributed by atoms with E-state index in [9.17, 15) is 18.0 Å². The molecule has 1 amide bonds. The van der Waals surface area contributed by atoms with Gasteiger partial charge in [0, 0.05) is 56.1 Å². The van der Waals surface area contributed by atoms with Crippen molar-refractivity contribution in [3.8, 4) is 11.4 Å². The number of fused-ring (bicyclic) bond motifs is 1. The minimum Gasteiger partial charge on any atom is -0.490 e. The van der Waals surface area contributed by atoms with Crippen LogP contribution in [0.3, 0.4) is 0 Å². The highest BCUT2D eigenvalue weighted by molar-refractivity contribution is 6.00. The van der Waals surface area contributed by atoms with E-state index in [0.717, 1.165) is 42.6 Å². The Morgan fingerprint density at radius 2 is 1.64 bits per heavy atom. The quantitative estimate of drug-likeness (QED) is 0.439. The second kappa shape index (κ2) is 9.81. The van der Waals surface area contributed by atoms with Crippen LogP contribution in [0.15, 0.2) is 48.5 Å². The van der Waals surface area contributed by atoms with Gasteiger partial charge in [0.2, 0.25) is 0 Å². The van der Waals surface area contributed by atoms with Crippen molar-refractivity contribution in [1.82, 2.24) is 14.4 Å². The Morgan fingerprint density at radius 3 is 2.28 bits per heavy atom. The Kier molecular flexibility index (Phi) is 6.72. The van der Waals surface area contributed by atoms with Crippen LogP contribution in [0, 0.1) is 5.82 Å². The van der Waals surface area contributed by atoms with E-state index in [1.165, 1.54) is 17.0 Å². The van der Waals surface area contributed by atoms with Gasteiger partial charge >= 0.3 is 0 Å². The number of piperidine rings is 2. The third-order valence-electron chi connectivity index (χ3n) is 7.37. The van der Waals surface area contributed by atoms with Crippen LogP contribution in [0.25, 0.3) is 16.6 Å². The van der Waals surface area contributed by atoms with Gasteiger partial charge < -0.3 is 19.1 Å². The number of hydrogen-bond donors (Lipinski definition) is 0. The van der Waals surface area contributed by atoms with Gasteiger partial charge in [-0.15, -0.1) is 0 Å². The van der Waals surface area contributed by atoms with Crippen molar-refractivity contribution >= 4 is 16.8 Å². The van der Waals surface area contributed by atoms with E-state index in [2.05, 4.69) is 18.7 Å². The van der Waals surface area contributed by atoms with Gasteiger partial charge in [-0.2, -0.15) is 0 Å². The maximum Gasteiger partial charge on any atom is 0.270 e. The average molecular weight is 500 g/mol. The lowest BCUT2D eigenvalue weighted by Gasteiger charge is -2.34. The Labute approximate surface area is 209 Å². The third kappa shape index (κ3) is 5.09. The number of likely N-dealkylation sites (tertiary alicyclic amines) is 2. The molecule has 3 aromatic rings. The van der Waals surface area contributed by atoms with E-state index in [4.69, 9.17) is 4.74 Å². The molecule has 3 heterocycles. The lowest BCUT2D eigenvalue weighted by atomic mass is 10.1. The Bertz CT molecular complexity index is 1220. The molecule has 0 radical (unpaired) electrons. The zero-order valence-corrected chi connectivity index (χ0v) is 20.7. The molecule has 36 heavy (non-hydrogen) atoms. The molecule has 192 valence electrons. The van der Waals surface area contributed by atoms with Gasteiger partial charge in [-0.3, -0.25) is 4.79 Å². The lowest BCUT2D eigenvalue weighted by Crippen LogP contribution is -2.43. The fraction of sp³-hybridized carbons (Fsp3) is 0.464. The number of carbonyl (C=O) groups excluding carboxylic acids is 1. The zero-order valence-electron chi connectivity index (χ0n) is 20.7. The van der Waals surface area contributed by atoms with Crippen molar-refractivity contribution < 1.29 is 22.7 Å². The van der Waals surface area contributed by atoms with E-state index in [0.29, 0.717) is 17.4 Å². The predicted molar refractivity (Wildman–Crippen MR) is 134 cm³/mol. The van der Waals surface area contributed by atoms with Crippen LogP contribution >= 0.6 is 0 Å². The lowest BCUT2D eigenvalue weighted by molar-refractivity contribution is -0.0495. The van der Waals surface area contributed by atoms with E-state index < -0.39 is 5.92 Å². The van der Waals surface area contributed by atoms with Crippen molar-refractivity contribution in [3.05, 3.63) is 60.0 Å². The summed E-state index contributed by atoms with van der Waals surface area (Å²) in [4.78, 5) is 17.4. The first-order chi connectivity index (χ1) is 17.2. The molecule has 1 aromatic heterocycles. The number of rotatable bonds is 5. The summed E-state index contributed by atoms with van der Waals surface area (Å²) in [5, 5.41) is 0.808. The van der Waals surface area contributed by atoms with Crippen LogP contribution in [-0.2, 0) is 0 Å². The minimum atomic E-state index is -2.74. The largest absolute Gasteiger partial charge is 0.490 e. The maximum atomic E-state index is 13.7. The number of nitrogens with zero attached hydrogens (tertiary/aromatic N) is 3. The summed E-state index contributed by atoms with van der Waals surface area (Å²) in [5.74, 6) is -2.69. The van der Waals surface area contributed by atoms with Crippen molar-refractivity contribution in [1.29, 1.82) is 0 Å². The SMILES string of the molecule is CC(C)N1CCC(Oc2ccc3c(c2)cc(C(=O)N2CCC(F)(F)CC2)n3-c2ccc(F)cc2)CC1. The molecule has 2 saturated heterocycles. The van der Waals surface area contributed by atoms with Crippen molar-refractivity contribution in [2.24, 2.45) is 0 Å². The van der Waals surface area contributed by atoms with E-state index in [1.54, 1.807) is 22.8 Å². The number of amides is 1. The smallest absolute Gasteiger partial charge is 0.270 e. The van der Waals surface area contributed by atoms with E-state index in [1.807, 2.05) is 18.2 Å². The number of aromatic nitrogens is 1. The summed E-state index contributed by atoms with van der Waals surface area (Å²) < 4.78 is 49.1. The second-order valence-corrected chi connectivity index (χ2v) is 10.2. The first kappa shape index (κ1) is 24.7. The molecule has 0 unspecified atom stereocenters. The Hall–Kier alpha value is -3.00. The Balaban J connectivity index is 1.45. The first-order valence-electron chi connectivity index (χ1n) is 12.7. The molecule has 0 saturated carbocycles. The number of hydrogen-bond acceptors (Lipinski definition) is 3.